The average molecular weight is 206 g/mol. The Balaban J connectivity index is 1.79. The van der Waals surface area contributed by atoms with E-state index in [2.05, 4.69) is 10.6 Å². The molecule has 1 aliphatic rings. The Labute approximate surface area is 88.6 Å². The predicted octanol–water partition coefficient (Wildman–Crippen LogP) is 1.52. The molecule has 0 aliphatic carbocycles. The number of amides is 2. The molecule has 2 rings (SSSR count). The van der Waals surface area contributed by atoms with E-state index in [0.29, 0.717) is 6.54 Å². The molecule has 0 spiro atoms. The molecule has 2 N–H and O–H groups in total. The highest BCUT2D eigenvalue weighted by Gasteiger charge is 2.22. The van der Waals surface area contributed by atoms with Crippen LogP contribution in [0.25, 0.3) is 0 Å². The molecule has 1 atom stereocenters. The number of carbonyl (C=O) groups excluding carboxylic acids is 1. The van der Waals surface area contributed by atoms with Crippen molar-refractivity contribution in [1.29, 1.82) is 0 Å². The largest absolute Gasteiger partial charge is 0.371 e. The molecular weight excluding hydrogens is 192 g/mol. The number of epoxide rings is 1. The zero-order valence-electron chi connectivity index (χ0n) is 8.62. The lowest BCUT2D eigenvalue weighted by Gasteiger charge is -2.06. The molecule has 1 aromatic rings. The fraction of sp³-hybridized carbons (Fsp3) is 0.364. The summed E-state index contributed by atoms with van der Waals surface area (Å²) < 4.78 is 4.98. The van der Waals surface area contributed by atoms with Gasteiger partial charge in [0.1, 0.15) is 0 Å². The summed E-state index contributed by atoms with van der Waals surface area (Å²) in [6.07, 6.45) is 0.216. The van der Waals surface area contributed by atoms with Crippen molar-refractivity contribution < 1.29 is 9.53 Å². The lowest BCUT2D eigenvalue weighted by Crippen LogP contribution is -2.31. The molecule has 1 heterocycles. The zero-order chi connectivity index (χ0) is 10.7. The Kier molecular flexibility index (Phi) is 2.87. The van der Waals surface area contributed by atoms with E-state index in [-0.39, 0.29) is 12.1 Å². The van der Waals surface area contributed by atoms with Gasteiger partial charge in [-0.25, -0.2) is 4.79 Å². The Hall–Kier alpha value is -1.55. The molecule has 1 fully saturated rings. The number of urea groups is 1. The van der Waals surface area contributed by atoms with Crippen molar-refractivity contribution >= 4 is 11.7 Å². The summed E-state index contributed by atoms with van der Waals surface area (Å²) in [5, 5.41) is 5.48. The van der Waals surface area contributed by atoms with Gasteiger partial charge in [0.05, 0.1) is 12.7 Å². The highest BCUT2D eigenvalue weighted by molar-refractivity contribution is 5.89. The van der Waals surface area contributed by atoms with Crippen molar-refractivity contribution in [3.05, 3.63) is 29.8 Å². The first kappa shape index (κ1) is 9.98. The Morgan fingerprint density at radius 3 is 2.73 bits per heavy atom. The number of carbonyl (C=O) groups is 1. The third-order valence-electron chi connectivity index (χ3n) is 2.20. The standard InChI is InChI=1S/C11H14N2O2/c1-8-2-4-9(5-3-8)13-11(14)12-6-10-7-15-10/h2-5,10H,6-7H2,1H3,(H2,12,13,14)/t10-/m1/s1. The monoisotopic (exact) mass is 206 g/mol. The molecule has 15 heavy (non-hydrogen) atoms. The maximum Gasteiger partial charge on any atom is 0.319 e. The molecule has 80 valence electrons. The van der Waals surface area contributed by atoms with Gasteiger partial charge < -0.3 is 15.4 Å². The first-order valence-corrected chi connectivity index (χ1v) is 4.97. The molecule has 4 heteroatoms. The molecule has 0 bridgehead atoms. The SMILES string of the molecule is Cc1ccc(NC(=O)NC[C@@H]2CO2)cc1. The van der Waals surface area contributed by atoms with Gasteiger partial charge in [0, 0.05) is 12.2 Å². The van der Waals surface area contributed by atoms with Crippen LogP contribution >= 0.6 is 0 Å². The van der Waals surface area contributed by atoms with Crippen LogP contribution in [0.4, 0.5) is 10.5 Å². The summed E-state index contributed by atoms with van der Waals surface area (Å²) in [5.41, 5.74) is 1.97. The van der Waals surface area contributed by atoms with Gasteiger partial charge in [0.15, 0.2) is 0 Å². The van der Waals surface area contributed by atoms with Gasteiger partial charge >= 0.3 is 6.03 Å². The van der Waals surface area contributed by atoms with E-state index in [1.165, 1.54) is 5.56 Å². The molecule has 0 unspecified atom stereocenters. The van der Waals surface area contributed by atoms with E-state index in [4.69, 9.17) is 4.74 Å². The first-order chi connectivity index (χ1) is 7.24. The number of ether oxygens (including phenoxy) is 1. The molecule has 1 aliphatic heterocycles. The van der Waals surface area contributed by atoms with Crippen LogP contribution < -0.4 is 10.6 Å². The number of aryl methyl sites for hydroxylation is 1. The average Bonchev–Trinajstić information content (AvgIpc) is 3.02. The van der Waals surface area contributed by atoms with E-state index < -0.39 is 0 Å². The van der Waals surface area contributed by atoms with E-state index in [1.807, 2.05) is 31.2 Å². The highest BCUT2D eigenvalue weighted by atomic mass is 16.6. The third kappa shape index (κ3) is 3.25. The minimum atomic E-state index is -0.186. The molecular formula is C11H14N2O2. The molecule has 0 saturated carbocycles. The fourth-order valence-corrected chi connectivity index (χ4v) is 1.20. The minimum Gasteiger partial charge on any atom is -0.371 e. The van der Waals surface area contributed by atoms with Crippen LogP contribution in [0, 0.1) is 6.92 Å². The van der Waals surface area contributed by atoms with E-state index in [9.17, 15) is 4.79 Å². The van der Waals surface area contributed by atoms with E-state index in [1.54, 1.807) is 0 Å². The lowest BCUT2D eigenvalue weighted by molar-refractivity contribution is 0.250. The highest BCUT2D eigenvalue weighted by Crippen LogP contribution is 2.09. The molecule has 0 radical (unpaired) electrons. The molecule has 4 nitrogen and oxygen atoms in total. The van der Waals surface area contributed by atoms with Crippen LogP contribution in [0.3, 0.4) is 0 Å². The van der Waals surface area contributed by atoms with Crippen molar-refractivity contribution in [3.63, 3.8) is 0 Å². The van der Waals surface area contributed by atoms with E-state index >= 15 is 0 Å². The third-order valence-corrected chi connectivity index (χ3v) is 2.20. The predicted molar refractivity (Wildman–Crippen MR) is 57.9 cm³/mol. The van der Waals surface area contributed by atoms with Crippen molar-refractivity contribution in [2.24, 2.45) is 0 Å². The van der Waals surface area contributed by atoms with Gasteiger partial charge in [-0.1, -0.05) is 17.7 Å². The van der Waals surface area contributed by atoms with Crippen LogP contribution in [-0.2, 0) is 4.74 Å². The topological polar surface area (TPSA) is 53.7 Å². The molecule has 0 aromatic heterocycles. The number of nitrogens with one attached hydrogen (secondary N) is 2. The van der Waals surface area contributed by atoms with Crippen molar-refractivity contribution in [2.45, 2.75) is 13.0 Å². The molecule has 1 aromatic carbocycles. The van der Waals surface area contributed by atoms with Crippen LogP contribution in [-0.4, -0.2) is 25.3 Å². The van der Waals surface area contributed by atoms with Crippen LogP contribution in [0.5, 0.6) is 0 Å². The maximum atomic E-state index is 11.4. The van der Waals surface area contributed by atoms with Crippen molar-refractivity contribution in [2.75, 3.05) is 18.5 Å². The van der Waals surface area contributed by atoms with Gasteiger partial charge in [-0.15, -0.1) is 0 Å². The van der Waals surface area contributed by atoms with Gasteiger partial charge in [-0.2, -0.15) is 0 Å². The number of benzene rings is 1. The Bertz CT molecular complexity index is 344. The summed E-state index contributed by atoms with van der Waals surface area (Å²) in [4.78, 5) is 11.4. The van der Waals surface area contributed by atoms with Gasteiger partial charge in [0.25, 0.3) is 0 Å². The van der Waals surface area contributed by atoms with Gasteiger partial charge in [-0.3, -0.25) is 0 Å². The normalized spacial score (nSPS) is 18.3. The van der Waals surface area contributed by atoms with Gasteiger partial charge in [0.2, 0.25) is 0 Å². The maximum absolute atomic E-state index is 11.4. The summed E-state index contributed by atoms with van der Waals surface area (Å²) in [6.45, 7) is 3.34. The Morgan fingerprint density at radius 2 is 2.13 bits per heavy atom. The molecule has 1 saturated heterocycles. The van der Waals surface area contributed by atoms with Crippen molar-refractivity contribution in [1.82, 2.24) is 5.32 Å². The van der Waals surface area contributed by atoms with Gasteiger partial charge in [-0.05, 0) is 19.1 Å². The second-order valence-corrected chi connectivity index (χ2v) is 3.66. The smallest absolute Gasteiger partial charge is 0.319 e. The first-order valence-electron chi connectivity index (χ1n) is 4.97. The van der Waals surface area contributed by atoms with Crippen LogP contribution in [0.2, 0.25) is 0 Å². The molecule has 2 amide bonds. The van der Waals surface area contributed by atoms with Crippen LogP contribution in [0.1, 0.15) is 5.56 Å². The quantitative estimate of drug-likeness (QED) is 0.736. The zero-order valence-corrected chi connectivity index (χ0v) is 8.62. The number of hydrogen-bond acceptors (Lipinski definition) is 2. The second-order valence-electron chi connectivity index (χ2n) is 3.66. The number of anilines is 1. The van der Waals surface area contributed by atoms with Crippen molar-refractivity contribution in [3.8, 4) is 0 Å². The summed E-state index contributed by atoms with van der Waals surface area (Å²) >= 11 is 0. The Morgan fingerprint density at radius 1 is 1.47 bits per heavy atom. The summed E-state index contributed by atoms with van der Waals surface area (Å²) in [5.74, 6) is 0. The summed E-state index contributed by atoms with van der Waals surface area (Å²) in [6, 6.07) is 7.49. The second kappa shape index (κ2) is 4.31. The summed E-state index contributed by atoms with van der Waals surface area (Å²) in [7, 11) is 0. The minimum absolute atomic E-state index is 0.186. The number of hydrogen-bond donors (Lipinski definition) is 2. The van der Waals surface area contributed by atoms with Crippen LogP contribution in [0.15, 0.2) is 24.3 Å². The fourth-order valence-electron chi connectivity index (χ4n) is 1.20. The lowest BCUT2D eigenvalue weighted by atomic mass is 10.2. The number of rotatable bonds is 3. The van der Waals surface area contributed by atoms with E-state index in [0.717, 1.165) is 12.3 Å².